The van der Waals surface area contributed by atoms with Gasteiger partial charge in [-0.2, -0.15) is 0 Å². The molecule has 0 saturated heterocycles. The van der Waals surface area contributed by atoms with E-state index in [1.807, 2.05) is 22.6 Å². The molecule has 2 rings (SSSR count). The van der Waals surface area contributed by atoms with Crippen molar-refractivity contribution in [3.05, 3.63) is 43.9 Å². The highest BCUT2D eigenvalue weighted by Crippen LogP contribution is 2.24. The van der Waals surface area contributed by atoms with Gasteiger partial charge in [0, 0.05) is 0 Å². The SMILES string of the molecule is Nc1ccsc1C(=O)Nc1cccc(F)c1I. The van der Waals surface area contributed by atoms with E-state index in [-0.39, 0.29) is 11.7 Å². The van der Waals surface area contributed by atoms with Crippen LogP contribution in [0.3, 0.4) is 0 Å². The van der Waals surface area contributed by atoms with Crippen molar-refractivity contribution in [3.8, 4) is 0 Å². The van der Waals surface area contributed by atoms with Gasteiger partial charge in [0.05, 0.1) is 14.9 Å². The van der Waals surface area contributed by atoms with Gasteiger partial charge in [-0.25, -0.2) is 4.39 Å². The lowest BCUT2D eigenvalue weighted by Crippen LogP contribution is -2.13. The number of hydrogen-bond donors (Lipinski definition) is 2. The molecule has 1 heterocycles. The summed E-state index contributed by atoms with van der Waals surface area (Å²) in [7, 11) is 0. The van der Waals surface area contributed by atoms with Gasteiger partial charge in [-0.3, -0.25) is 4.79 Å². The smallest absolute Gasteiger partial charge is 0.267 e. The van der Waals surface area contributed by atoms with Gasteiger partial charge in [0.25, 0.3) is 5.91 Å². The molecule has 1 aromatic heterocycles. The van der Waals surface area contributed by atoms with Crippen molar-refractivity contribution < 1.29 is 9.18 Å². The summed E-state index contributed by atoms with van der Waals surface area (Å²) in [5.74, 6) is -0.677. The number of nitrogens with one attached hydrogen (secondary N) is 1. The van der Waals surface area contributed by atoms with Gasteiger partial charge in [-0.15, -0.1) is 11.3 Å². The Labute approximate surface area is 115 Å². The first-order valence-corrected chi connectivity index (χ1v) is 6.64. The van der Waals surface area contributed by atoms with Gasteiger partial charge in [0.15, 0.2) is 0 Å². The zero-order chi connectivity index (χ0) is 12.4. The van der Waals surface area contributed by atoms with Crippen LogP contribution < -0.4 is 11.1 Å². The van der Waals surface area contributed by atoms with Crippen LogP contribution in [-0.4, -0.2) is 5.91 Å². The lowest BCUT2D eigenvalue weighted by atomic mass is 10.3. The second-order valence-electron chi connectivity index (χ2n) is 3.26. The van der Waals surface area contributed by atoms with Gasteiger partial charge in [-0.1, -0.05) is 6.07 Å². The fourth-order valence-electron chi connectivity index (χ4n) is 1.28. The predicted molar refractivity (Wildman–Crippen MR) is 75.8 cm³/mol. The Bertz CT molecular complexity index is 570. The van der Waals surface area contributed by atoms with Crippen LogP contribution in [0.4, 0.5) is 15.8 Å². The highest BCUT2D eigenvalue weighted by Gasteiger charge is 2.13. The van der Waals surface area contributed by atoms with E-state index in [4.69, 9.17) is 5.73 Å². The molecule has 0 atom stereocenters. The number of carbonyl (C=O) groups is 1. The molecule has 88 valence electrons. The molecule has 1 aromatic carbocycles. The van der Waals surface area contributed by atoms with Crippen LogP contribution in [0.1, 0.15) is 9.67 Å². The summed E-state index contributed by atoms with van der Waals surface area (Å²) in [6.07, 6.45) is 0. The molecule has 17 heavy (non-hydrogen) atoms. The number of hydrogen-bond acceptors (Lipinski definition) is 3. The third kappa shape index (κ3) is 2.58. The number of benzene rings is 1. The minimum absolute atomic E-state index is 0.319. The van der Waals surface area contributed by atoms with Crippen LogP contribution in [0.15, 0.2) is 29.6 Å². The lowest BCUT2D eigenvalue weighted by Gasteiger charge is -2.07. The lowest BCUT2D eigenvalue weighted by molar-refractivity contribution is 0.103. The third-order valence-corrected chi connectivity index (χ3v) is 4.13. The number of rotatable bonds is 2. The van der Waals surface area contributed by atoms with E-state index in [1.165, 1.54) is 17.4 Å². The molecule has 1 amide bonds. The molecular weight excluding hydrogens is 354 g/mol. The van der Waals surface area contributed by atoms with Crippen molar-refractivity contribution in [2.75, 3.05) is 11.1 Å². The quantitative estimate of drug-likeness (QED) is 0.806. The minimum atomic E-state index is -0.359. The fourth-order valence-corrected chi connectivity index (χ4v) is 2.49. The summed E-state index contributed by atoms with van der Waals surface area (Å²) in [4.78, 5) is 12.3. The first-order chi connectivity index (χ1) is 8.09. The van der Waals surface area contributed by atoms with Crippen molar-refractivity contribution >= 4 is 51.2 Å². The molecule has 2 aromatic rings. The van der Waals surface area contributed by atoms with Crippen LogP contribution in [0.5, 0.6) is 0 Å². The molecule has 0 unspecified atom stereocenters. The van der Waals surface area contributed by atoms with Crippen molar-refractivity contribution in [3.63, 3.8) is 0 Å². The van der Waals surface area contributed by atoms with E-state index in [9.17, 15) is 9.18 Å². The Morgan fingerprint density at radius 1 is 1.41 bits per heavy atom. The van der Waals surface area contributed by atoms with Gasteiger partial charge >= 0.3 is 0 Å². The normalized spacial score (nSPS) is 10.2. The average Bonchev–Trinajstić information content (AvgIpc) is 2.71. The highest BCUT2D eigenvalue weighted by atomic mass is 127. The van der Waals surface area contributed by atoms with Crippen molar-refractivity contribution in [1.29, 1.82) is 0 Å². The van der Waals surface area contributed by atoms with E-state index >= 15 is 0 Å². The highest BCUT2D eigenvalue weighted by molar-refractivity contribution is 14.1. The molecule has 0 aliphatic rings. The van der Waals surface area contributed by atoms with Crippen molar-refractivity contribution in [2.45, 2.75) is 0 Å². The van der Waals surface area contributed by atoms with E-state index in [1.54, 1.807) is 23.6 Å². The van der Waals surface area contributed by atoms with E-state index < -0.39 is 0 Å². The Hall–Kier alpha value is -1.15. The summed E-state index contributed by atoms with van der Waals surface area (Å²) < 4.78 is 13.7. The second kappa shape index (κ2) is 5.01. The van der Waals surface area contributed by atoms with Crippen LogP contribution >= 0.6 is 33.9 Å². The zero-order valence-electron chi connectivity index (χ0n) is 8.54. The topological polar surface area (TPSA) is 55.1 Å². The number of thiophene rings is 1. The first kappa shape index (κ1) is 12.3. The third-order valence-electron chi connectivity index (χ3n) is 2.10. The van der Waals surface area contributed by atoms with E-state index in [2.05, 4.69) is 5.32 Å². The number of nitrogens with two attached hydrogens (primary N) is 1. The molecule has 3 nitrogen and oxygen atoms in total. The molecule has 0 radical (unpaired) electrons. The van der Waals surface area contributed by atoms with Gasteiger partial charge in [0.1, 0.15) is 10.7 Å². The monoisotopic (exact) mass is 362 g/mol. The number of carbonyl (C=O) groups excluding carboxylic acids is 1. The van der Waals surface area contributed by atoms with Gasteiger partial charge < -0.3 is 11.1 Å². The van der Waals surface area contributed by atoms with Gasteiger partial charge in [-0.05, 0) is 46.2 Å². The molecule has 0 aliphatic heterocycles. The summed E-state index contributed by atoms with van der Waals surface area (Å²) in [5, 5.41) is 4.38. The van der Waals surface area contributed by atoms with Crippen LogP contribution in [-0.2, 0) is 0 Å². The second-order valence-corrected chi connectivity index (χ2v) is 5.26. The zero-order valence-corrected chi connectivity index (χ0v) is 11.5. The molecule has 0 saturated carbocycles. The van der Waals surface area contributed by atoms with Crippen molar-refractivity contribution in [1.82, 2.24) is 0 Å². The van der Waals surface area contributed by atoms with Crippen LogP contribution in [0.2, 0.25) is 0 Å². The standard InChI is InChI=1S/C11H8FIN2OS/c12-6-2-1-3-8(9(6)13)15-11(16)10-7(14)4-5-17-10/h1-5H,14H2,(H,15,16). The largest absolute Gasteiger partial charge is 0.397 e. The Morgan fingerprint density at radius 3 is 2.82 bits per heavy atom. The maximum Gasteiger partial charge on any atom is 0.267 e. The summed E-state index contributed by atoms with van der Waals surface area (Å²) in [6.45, 7) is 0. The molecule has 3 N–H and O–H groups in total. The number of nitrogen functional groups attached to an aromatic ring is 1. The number of amides is 1. The van der Waals surface area contributed by atoms with Crippen LogP contribution in [0, 0.1) is 9.39 Å². The summed E-state index contributed by atoms with van der Waals surface area (Å²) in [5.41, 5.74) is 6.51. The Morgan fingerprint density at radius 2 is 2.18 bits per heavy atom. The Kier molecular flexibility index (Phi) is 3.63. The van der Waals surface area contributed by atoms with E-state index in [0.717, 1.165) is 0 Å². The molecule has 0 spiro atoms. The maximum atomic E-state index is 13.3. The maximum absolute atomic E-state index is 13.3. The fraction of sp³-hybridized carbons (Fsp3) is 0. The predicted octanol–water partition coefficient (Wildman–Crippen LogP) is 3.33. The minimum Gasteiger partial charge on any atom is -0.397 e. The molecule has 0 aliphatic carbocycles. The summed E-state index contributed by atoms with van der Waals surface area (Å²) >= 11 is 3.10. The number of anilines is 2. The number of halogens is 2. The Balaban J connectivity index is 2.25. The van der Waals surface area contributed by atoms with Crippen molar-refractivity contribution in [2.24, 2.45) is 0 Å². The summed E-state index contributed by atoms with van der Waals surface area (Å²) in [6, 6.07) is 6.20. The van der Waals surface area contributed by atoms with Gasteiger partial charge in [0.2, 0.25) is 0 Å². The van der Waals surface area contributed by atoms with Crippen LogP contribution in [0.25, 0.3) is 0 Å². The molecule has 0 bridgehead atoms. The first-order valence-electron chi connectivity index (χ1n) is 4.68. The van der Waals surface area contributed by atoms with E-state index in [0.29, 0.717) is 19.8 Å². The average molecular weight is 362 g/mol. The molecule has 0 fully saturated rings. The molecule has 6 heteroatoms. The molecular formula is C11H8FIN2OS.